The summed E-state index contributed by atoms with van der Waals surface area (Å²) in [5, 5.41) is 4.18. The Morgan fingerprint density at radius 1 is 1.06 bits per heavy atom. The van der Waals surface area contributed by atoms with Crippen LogP contribution >= 0.6 is 0 Å². The molecule has 1 unspecified atom stereocenters. The molecule has 170 valence electrons. The van der Waals surface area contributed by atoms with Gasteiger partial charge in [0.2, 0.25) is 11.8 Å². The summed E-state index contributed by atoms with van der Waals surface area (Å²) >= 11 is 0. The zero-order chi connectivity index (χ0) is 22.8. The van der Waals surface area contributed by atoms with Gasteiger partial charge in [-0.25, -0.2) is 0 Å². The van der Waals surface area contributed by atoms with Crippen LogP contribution in [-0.4, -0.2) is 53.6 Å². The Labute approximate surface area is 192 Å². The van der Waals surface area contributed by atoms with Crippen molar-refractivity contribution in [1.82, 2.24) is 15.0 Å². The van der Waals surface area contributed by atoms with Gasteiger partial charge in [0.05, 0.1) is 13.0 Å². The van der Waals surface area contributed by atoms with E-state index in [1.807, 2.05) is 59.5 Å². The van der Waals surface area contributed by atoms with Crippen molar-refractivity contribution >= 4 is 17.5 Å². The van der Waals surface area contributed by atoms with Crippen LogP contribution in [-0.2, 0) is 9.59 Å². The van der Waals surface area contributed by atoms with Crippen molar-refractivity contribution in [2.24, 2.45) is 5.92 Å². The Morgan fingerprint density at radius 2 is 1.79 bits per heavy atom. The number of nitrogens with zero attached hydrogens (tertiary/aromatic N) is 4. The Hall–Kier alpha value is -3.68. The van der Waals surface area contributed by atoms with Gasteiger partial charge in [-0.3, -0.25) is 9.59 Å². The zero-order valence-corrected chi connectivity index (χ0v) is 18.5. The molecule has 0 aliphatic carbocycles. The molecular formula is C25H26N4O4. The van der Waals surface area contributed by atoms with Gasteiger partial charge in [-0.1, -0.05) is 23.4 Å². The molecule has 2 saturated heterocycles. The van der Waals surface area contributed by atoms with Gasteiger partial charge in [0, 0.05) is 43.2 Å². The standard InChI is InChI=1S/C25H26N4O4/c1-32-21-9-7-20(8-10-21)29-16-19(15-22(29)30)25(31)28-13-11-17(12-14-28)23-26-24(33-27-23)18-5-3-2-4-6-18/h2-10,17,19H,11-16H2,1H3. The fraction of sp³-hybridized carbons (Fsp3) is 0.360. The Balaban J connectivity index is 1.18. The number of ether oxygens (including phenoxy) is 1. The molecule has 8 heteroatoms. The fourth-order valence-corrected chi connectivity index (χ4v) is 4.60. The van der Waals surface area contributed by atoms with Crippen molar-refractivity contribution in [2.75, 3.05) is 31.6 Å². The monoisotopic (exact) mass is 446 g/mol. The molecule has 0 bridgehead atoms. The summed E-state index contributed by atoms with van der Waals surface area (Å²) in [6.45, 7) is 1.67. The third-order valence-corrected chi connectivity index (χ3v) is 6.49. The number of amides is 2. The largest absolute Gasteiger partial charge is 0.497 e. The van der Waals surface area contributed by atoms with Gasteiger partial charge < -0.3 is 19.1 Å². The highest BCUT2D eigenvalue weighted by Gasteiger charge is 2.38. The molecule has 3 aromatic rings. The highest BCUT2D eigenvalue weighted by molar-refractivity contribution is 6.00. The first-order valence-electron chi connectivity index (χ1n) is 11.2. The highest BCUT2D eigenvalue weighted by Crippen LogP contribution is 2.31. The number of carbonyl (C=O) groups is 2. The summed E-state index contributed by atoms with van der Waals surface area (Å²) in [5.41, 5.74) is 1.69. The summed E-state index contributed by atoms with van der Waals surface area (Å²) in [7, 11) is 1.61. The minimum Gasteiger partial charge on any atom is -0.497 e. The van der Waals surface area contributed by atoms with Crippen LogP contribution in [0.4, 0.5) is 5.69 Å². The normalized spacial score (nSPS) is 19.2. The maximum atomic E-state index is 13.1. The number of carbonyl (C=O) groups excluding carboxylic acids is 2. The molecule has 0 saturated carbocycles. The van der Waals surface area contributed by atoms with E-state index in [1.54, 1.807) is 12.0 Å². The van der Waals surface area contributed by atoms with E-state index in [0.717, 1.165) is 29.8 Å². The molecule has 2 aliphatic heterocycles. The minimum absolute atomic E-state index is 0.0198. The van der Waals surface area contributed by atoms with Crippen LogP contribution in [0.15, 0.2) is 59.1 Å². The van der Waals surface area contributed by atoms with Crippen LogP contribution < -0.4 is 9.64 Å². The highest BCUT2D eigenvalue weighted by atomic mass is 16.5. The summed E-state index contributed by atoms with van der Waals surface area (Å²) in [6.07, 6.45) is 1.81. The number of benzene rings is 2. The maximum absolute atomic E-state index is 13.1. The average molecular weight is 447 g/mol. The molecule has 0 spiro atoms. The molecule has 33 heavy (non-hydrogen) atoms. The Kier molecular flexibility index (Phi) is 5.81. The van der Waals surface area contributed by atoms with Crippen LogP contribution in [0.2, 0.25) is 0 Å². The van der Waals surface area contributed by atoms with Gasteiger partial charge in [0.1, 0.15) is 5.75 Å². The van der Waals surface area contributed by atoms with Crippen LogP contribution in [0.25, 0.3) is 11.5 Å². The van der Waals surface area contributed by atoms with Crippen molar-refractivity contribution in [1.29, 1.82) is 0 Å². The fourth-order valence-electron chi connectivity index (χ4n) is 4.60. The van der Waals surface area contributed by atoms with Crippen LogP contribution in [0.3, 0.4) is 0 Å². The Morgan fingerprint density at radius 3 is 2.48 bits per heavy atom. The molecule has 1 aromatic heterocycles. The molecule has 1 atom stereocenters. The lowest BCUT2D eigenvalue weighted by atomic mass is 9.95. The van der Waals surface area contributed by atoms with Crippen molar-refractivity contribution in [3.8, 4) is 17.2 Å². The predicted molar refractivity (Wildman–Crippen MR) is 122 cm³/mol. The van der Waals surface area contributed by atoms with Gasteiger partial charge >= 0.3 is 0 Å². The van der Waals surface area contributed by atoms with Gasteiger partial charge in [-0.15, -0.1) is 0 Å². The van der Waals surface area contributed by atoms with Crippen LogP contribution in [0.5, 0.6) is 5.75 Å². The summed E-state index contributed by atoms with van der Waals surface area (Å²) in [5.74, 6) is 1.83. The summed E-state index contributed by atoms with van der Waals surface area (Å²) in [4.78, 5) is 33.9. The number of hydrogen-bond donors (Lipinski definition) is 0. The second-order valence-corrected chi connectivity index (χ2v) is 8.53. The number of piperidine rings is 1. The molecule has 5 rings (SSSR count). The van der Waals surface area contributed by atoms with Crippen molar-refractivity contribution in [2.45, 2.75) is 25.2 Å². The minimum atomic E-state index is -0.314. The van der Waals surface area contributed by atoms with Crippen LogP contribution in [0.1, 0.15) is 31.0 Å². The molecule has 2 aromatic carbocycles. The first-order chi connectivity index (χ1) is 16.1. The van der Waals surface area contributed by atoms with E-state index in [-0.39, 0.29) is 30.1 Å². The van der Waals surface area contributed by atoms with Crippen molar-refractivity contribution in [3.63, 3.8) is 0 Å². The maximum Gasteiger partial charge on any atom is 0.257 e. The topological polar surface area (TPSA) is 88.8 Å². The van der Waals surface area contributed by atoms with Crippen molar-refractivity contribution in [3.05, 3.63) is 60.4 Å². The first-order valence-corrected chi connectivity index (χ1v) is 11.2. The van der Waals surface area contributed by atoms with Gasteiger partial charge in [-0.05, 0) is 49.2 Å². The molecule has 0 N–H and O–H groups in total. The molecular weight excluding hydrogens is 420 g/mol. The van der Waals surface area contributed by atoms with E-state index < -0.39 is 0 Å². The zero-order valence-electron chi connectivity index (χ0n) is 18.5. The van der Waals surface area contributed by atoms with E-state index in [4.69, 9.17) is 9.26 Å². The number of methoxy groups -OCH3 is 1. The van der Waals surface area contributed by atoms with Gasteiger partial charge in [-0.2, -0.15) is 4.98 Å². The van der Waals surface area contributed by atoms with Gasteiger partial charge in [0.15, 0.2) is 5.82 Å². The number of rotatable bonds is 5. The van der Waals surface area contributed by atoms with E-state index in [1.165, 1.54) is 0 Å². The lowest BCUT2D eigenvalue weighted by Gasteiger charge is -2.32. The average Bonchev–Trinajstić information content (AvgIpc) is 3.52. The number of likely N-dealkylation sites (tertiary alicyclic amines) is 1. The third kappa shape index (κ3) is 4.33. The van der Waals surface area contributed by atoms with E-state index in [0.29, 0.717) is 31.3 Å². The van der Waals surface area contributed by atoms with Crippen LogP contribution in [0, 0.1) is 5.92 Å². The second-order valence-electron chi connectivity index (χ2n) is 8.53. The second kappa shape index (κ2) is 9.05. The first kappa shape index (κ1) is 21.2. The molecule has 2 aliphatic rings. The van der Waals surface area contributed by atoms with E-state index in [2.05, 4.69) is 10.1 Å². The van der Waals surface area contributed by atoms with Gasteiger partial charge in [0.25, 0.3) is 5.89 Å². The lowest BCUT2D eigenvalue weighted by molar-refractivity contribution is -0.136. The molecule has 8 nitrogen and oxygen atoms in total. The number of anilines is 1. The molecule has 2 fully saturated rings. The summed E-state index contributed by atoms with van der Waals surface area (Å²) in [6, 6.07) is 17.1. The molecule has 0 radical (unpaired) electrons. The SMILES string of the molecule is COc1ccc(N2CC(C(=O)N3CCC(c4noc(-c5ccccc5)n4)CC3)CC2=O)cc1. The quantitative estimate of drug-likeness (QED) is 0.596. The van der Waals surface area contributed by atoms with E-state index in [9.17, 15) is 9.59 Å². The summed E-state index contributed by atoms with van der Waals surface area (Å²) < 4.78 is 10.6. The van der Waals surface area contributed by atoms with E-state index >= 15 is 0 Å². The molecule has 3 heterocycles. The predicted octanol–water partition coefficient (Wildman–Crippen LogP) is 3.50. The third-order valence-electron chi connectivity index (χ3n) is 6.49. The smallest absolute Gasteiger partial charge is 0.257 e. The molecule has 2 amide bonds. The van der Waals surface area contributed by atoms with Crippen molar-refractivity contribution < 1.29 is 18.8 Å². The Bertz CT molecular complexity index is 1120. The number of hydrogen-bond acceptors (Lipinski definition) is 6. The lowest BCUT2D eigenvalue weighted by Crippen LogP contribution is -2.42. The number of aromatic nitrogens is 2.